The Morgan fingerprint density at radius 3 is 2.94 bits per heavy atom. The second-order valence-electron chi connectivity index (χ2n) is 3.38. The van der Waals surface area contributed by atoms with Crippen molar-refractivity contribution in [2.75, 3.05) is 0 Å². The fraction of sp³-hybridized carbons (Fsp3) is 0.300. The molecule has 0 amide bonds. The van der Waals surface area contributed by atoms with Crippen molar-refractivity contribution in [3.05, 3.63) is 40.0 Å². The van der Waals surface area contributed by atoms with Crippen LogP contribution >= 0.6 is 0 Å². The number of fused-ring (bicyclic) bond motifs is 1. The number of hydrogen-bond donors (Lipinski definition) is 1. The molecule has 2 aromatic heterocycles. The van der Waals surface area contributed by atoms with Crippen LogP contribution in [-0.2, 0) is 13.0 Å². The zero-order chi connectivity index (χ0) is 11.7. The molecule has 0 atom stereocenters. The van der Waals surface area contributed by atoms with Gasteiger partial charge in [0.1, 0.15) is 5.52 Å². The smallest absolute Gasteiger partial charge is 0.296 e. The average molecular weight is 221 g/mol. The van der Waals surface area contributed by atoms with Crippen molar-refractivity contribution < 1.29 is 10.0 Å². The molecule has 2 aromatic rings. The fourth-order valence-electron chi connectivity index (χ4n) is 1.79. The van der Waals surface area contributed by atoms with Crippen LogP contribution in [-0.4, -0.2) is 19.4 Å². The first-order valence-electron chi connectivity index (χ1n) is 4.92. The topological polar surface area (TPSA) is 80.7 Å². The minimum absolute atomic E-state index is 0.00556. The van der Waals surface area contributed by atoms with E-state index in [2.05, 4.69) is 4.98 Å². The van der Waals surface area contributed by atoms with E-state index in [1.807, 2.05) is 6.92 Å². The van der Waals surface area contributed by atoms with Gasteiger partial charge in [0.25, 0.3) is 5.69 Å². The molecule has 0 fully saturated rings. The third kappa shape index (κ3) is 1.43. The second-order valence-corrected chi connectivity index (χ2v) is 3.38. The molecule has 1 N–H and O–H groups in total. The summed E-state index contributed by atoms with van der Waals surface area (Å²) in [5.74, 6) is 0. The molecule has 0 unspecified atom stereocenters. The molecule has 6 heteroatoms. The zero-order valence-corrected chi connectivity index (χ0v) is 8.75. The fourth-order valence-corrected chi connectivity index (χ4v) is 1.79. The van der Waals surface area contributed by atoms with E-state index in [0.29, 0.717) is 23.3 Å². The van der Waals surface area contributed by atoms with Gasteiger partial charge in [-0.2, -0.15) is 0 Å². The maximum Gasteiger partial charge on any atom is 0.296 e. The molecule has 6 nitrogen and oxygen atoms in total. The summed E-state index contributed by atoms with van der Waals surface area (Å²) < 4.78 is 1.62. The number of nitrogens with zero attached hydrogens (tertiary/aromatic N) is 3. The first-order chi connectivity index (χ1) is 7.69. The van der Waals surface area contributed by atoms with Crippen LogP contribution in [0.5, 0.6) is 0 Å². The largest absolute Gasteiger partial charge is 0.390 e. The van der Waals surface area contributed by atoms with Gasteiger partial charge >= 0.3 is 0 Å². The molecule has 84 valence electrons. The number of rotatable bonds is 3. The Bertz CT molecular complexity index is 547. The Morgan fingerprint density at radius 1 is 1.62 bits per heavy atom. The van der Waals surface area contributed by atoms with Crippen LogP contribution in [0.4, 0.5) is 5.69 Å². The van der Waals surface area contributed by atoms with Crippen LogP contribution in [0.15, 0.2) is 18.5 Å². The highest BCUT2D eigenvalue weighted by Gasteiger charge is 2.20. The lowest BCUT2D eigenvalue weighted by atomic mass is 10.2. The lowest BCUT2D eigenvalue weighted by Crippen LogP contribution is -1.98. The molecule has 0 saturated carbocycles. The van der Waals surface area contributed by atoms with Crippen molar-refractivity contribution in [1.82, 2.24) is 9.38 Å². The van der Waals surface area contributed by atoms with Gasteiger partial charge in [0.05, 0.1) is 22.9 Å². The van der Waals surface area contributed by atoms with Crippen LogP contribution in [0, 0.1) is 10.1 Å². The minimum Gasteiger partial charge on any atom is -0.390 e. The molecule has 0 saturated heterocycles. The van der Waals surface area contributed by atoms with Crippen molar-refractivity contribution in [3.8, 4) is 0 Å². The number of aromatic nitrogens is 2. The summed E-state index contributed by atoms with van der Waals surface area (Å²) in [6.07, 6.45) is 3.81. The third-order valence-electron chi connectivity index (χ3n) is 2.51. The van der Waals surface area contributed by atoms with Crippen molar-refractivity contribution in [3.63, 3.8) is 0 Å². The summed E-state index contributed by atoms with van der Waals surface area (Å²) in [6, 6.07) is 1.39. The lowest BCUT2D eigenvalue weighted by molar-refractivity contribution is -0.383. The number of nitro groups is 1. The summed E-state index contributed by atoms with van der Waals surface area (Å²) >= 11 is 0. The monoisotopic (exact) mass is 221 g/mol. The normalized spacial score (nSPS) is 10.9. The first-order valence-corrected chi connectivity index (χ1v) is 4.92. The molecule has 0 aliphatic rings. The molecule has 0 aliphatic carbocycles. The molecule has 0 aliphatic heterocycles. The Morgan fingerprint density at radius 2 is 2.38 bits per heavy atom. The molecule has 0 bridgehead atoms. The van der Waals surface area contributed by atoms with Crippen LogP contribution < -0.4 is 0 Å². The van der Waals surface area contributed by atoms with Gasteiger partial charge in [-0.15, -0.1) is 0 Å². The predicted molar refractivity (Wildman–Crippen MR) is 57.1 cm³/mol. The Kier molecular flexibility index (Phi) is 2.57. The van der Waals surface area contributed by atoms with Gasteiger partial charge in [0.2, 0.25) is 0 Å². The minimum atomic E-state index is -0.449. The van der Waals surface area contributed by atoms with Gasteiger partial charge in [-0.3, -0.25) is 15.1 Å². The Balaban J connectivity index is 2.85. The van der Waals surface area contributed by atoms with E-state index in [0.717, 1.165) is 0 Å². The number of hydrogen-bond acceptors (Lipinski definition) is 4. The maximum atomic E-state index is 10.9. The summed E-state index contributed by atoms with van der Waals surface area (Å²) in [4.78, 5) is 14.6. The lowest BCUT2D eigenvalue weighted by Gasteiger charge is -2.01. The molecule has 0 aromatic carbocycles. The number of aliphatic hydroxyl groups is 1. The van der Waals surface area contributed by atoms with Crippen molar-refractivity contribution in [2.45, 2.75) is 20.0 Å². The highest BCUT2D eigenvalue weighted by atomic mass is 16.6. The summed E-state index contributed by atoms with van der Waals surface area (Å²) in [5.41, 5.74) is 1.63. The molecule has 2 heterocycles. The quantitative estimate of drug-likeness (QED) is 0.625. The van der Waals surface area contributed by atoms with E-state index >= 15 is 0 Å². The van der Waals surface area contributed by atoms with Crippen LogP contribution in [0.2, 0.25) is 0 Å². The zero-order valence-electron chi connectivity index (χ0n) is 8.75. The van der Waals surface area contributed by atoms with Gasteiger partial charge in [-0.1, -0.05) is 6.92 Å². The van der Waals surface area contributed by atoms with Gasteiger partial charge < -0.3 is 9.51 Å². The van der Waals surface area contributed by atoms with E-state index in [4.69, 9.17) is 5.11 Å². The molecule has 0 radical (unpaired) electrons. The van der Waals surface area contributed by atoms with Gasteiger partial charge in [0.15, 0.2) is 0 Å². The summed E-state index contributed by atoms with van der Waals surface area (Å²) in [5, 5.41) is 20.0. The third-order valence-corrected chi connectivity index (χ3v) is 2.51. The molecule has 2 rings (SSSR count). The van der Waals surface area contributed by atoms with Crippen LogP contribution in [0.3, 0.4) is 0 Å². The van der Waals surface area contributed by atoms with E-state index in [9.17, 15) is 10.1 Å². The highest BCUT2D eigenvalue weighted by molar-refractivity contribution is 5.70. The Labute approximate surface area is 91.3 Å². The van der Waals surface area contributed by atoms with Gasteiger partial charge in [-0.05, 0) is 6.42 Å². The molecule has 16 heavy (non-hydrogen) atoms. The SMILES string of the molecule is CCc1nccn2c(CO)cc([N+](=O)[O-])c12. The first kappa shape index (κ1) is 10.6. The standard InChI is InChI=1S/C10H11N3O3/c1-2-8-10-9(13(15)16)5-7(6-14)12(10)4-3-11-8/h3-5,14H,2,6H2,1H3. The van der Waals surface area contributed by atoms with E-state index < -0.39 is 4.92 Å². The van der Waals surface area contributed by atoms with Crippen molar-refractivity contribution >= 4 is 11.2 Å². The maximum absolute atomic E-state index is 10.9. The summed E-state index contributed by atoms with van der Waals surface area (Å²) in [7, 11) is 0. The Hall–Kier alpha value is -1.95. The van der Waals surface area contributed by atoms with Crippen LogP contribution in [0.25, 0.3) is 5.52 Å². The van der Waals surface area contributed by atoms with Crippen molar-refractivity contribution in [2.24, 2.45) is 0 Å². The van der Waals surface area contributed by atoms with E-state index in [-0.39, 0.29) is 12.3 Å². The predicted octanol–water partition coefficient (Wildman–Crippen LogP) is 1.30. The van der Waals surface area contributed by atoms with E-state index in [1.54, 1.807) is 16.8 Å². The van der Waals surface area contributed by atoms with Crippen LogP contribution in [0.1, 0.15) is 18.3 Å². The molecular weight excluding hydrogens is 210 g/mol. The van der Waals surface area contributed by atoms with Gasteiger partial charge in [-0.25, -0.2) is 0 Å². The molecular formula is C10H11N3O3. The molecule has 0 spiro atoms. The number of aliphatic hydroxyl groups excluding tert-OH is 1. The number of aryl methyl sites for hydroxylation is 1. The van der Waals surface area contributed by atoms with Gasteiger partial charge in [0, 0.05) is 18.5 Å². The van der Waals surface area contributed by atoms with E-state index in [1.165, 1.54) is 6.07 Å². The summed E-state index contributed by atoms with van der Waals surface area (Å²) in [6.45, 7) is 1.65. The highest BCUT2D eigenvalue weighted by Crippen LogP contribution is 2.26. The van der Waals surface area contributed by atoms with Crippen molar-refractivity contribution in [1.29, 1.82) is 0 Å². The second kappa shape index (κ2) is 3.90. The average Bonchev–Trinajstić information content (AvgIpc) is 2.67.